The summed E-state index contributed by atoms with van der Waals surface area (Å²) in [6.07, 6.45) is 2.12. The van der Waals surface area contributed by atoms with E-state index in [0.29, 0.717) is 24.9 Å². The van der Waals surface area contributed by atoms with Crippen LogP contribution in [0.1, 0.15) is 38.3 Å². The number of carbonyl (C=O) groups excluding carboxylic acids is 1. The fourth-order valence-corrected chi connectivity index (χ4v) is 3.43. The number of hydrogen-bond donors (Lipinski definition) is 0. The fraction of sp³-hybridized carbons (Fsp3) is 0.526. The maximum absolute atomic E-state index is 12.8. The van der Waals surface area contributed by atoms with Gasteiger partial charge in [-0.1, -0.05) is 6.07 Å². The molecule has 1 aliphatic heterocycles. The molecule has 0 aliphatic carbocycles. The van der Waals surface area contributed by atoms with E-state index < -0.39 is 0 Å². The summed E-state index contributed by atoms with van der Waals surface area (Å²) in [6, 6.07) is 3.82. The van der Waals surface area contributed by atoms with E-state index >= 15 is 0 Å². The second-order valence-corrected chi connectivity index (χ2v) is 7.85. The first-order chi connectivity index (χ1) is 11.2. The molecule has 1 fully saturated rings. The van der Waals surface area contributed by atoms with E-state index in [2.05, 4.69) is 4.98 Å². The van der Waals surface area contributed by atoms with Crippen molar-refractivity contribution in [2.45, 2.75) is 53.1 Å². The van der Waals surface area contributed by atoms with Crippen LogP contribution in [0.5, 0.6) is 0 Å². The van der Waals surface area contributed by atoms with Crippen LogP contribution >= 0.6 is 0 Å². The van der Waals surface area contributed by atoms with Gasteiger partial charge in [-0.3, -0.25) is 14.2 Å². The Balaban J connectivity index is 1.90. The summed E-state index contributed by atoms with van der Waals surface area (Å²) in [6.45, 7) is 11.4. The fourth-order valence-electron chi connectivity index (χ4n) is 3.43. The van der Waals surface area contributed by atoms with E-state index in [-0.39, 0.29) is 22.9 Å². The van der Waals surface area contributed by atoms with Gasteiger partial charge < -0.3 is 4.90 Å². The molecule has 0 radical (unpaired) electrons. The van der Waals surface area contributed by atoms with Crippen LogP contribution in [0.3, 0.4) is 0 Å². The summed E-state index contributed by atoms with van der Waals surface area (Å²) in [5.74, 6) is 0.320. The number of hydrogen-bond acceptors (Lipinski definition) is 3. The zero-order valence-electron chi connectivity index (χ0n) is 15.1. The molecule has 0 unspecified atom stereocenters. The molecule has 3 rings (SSSR count). The largest absolute Gasteiger partial charge is 0.337 e. The Bertz CT molecular complexity index is 861. The molecule has 24 heavy (non-hydrogen) atoms. The Labute approximate surface area is 142 Å². The molecule has 0 bridgehead atoms. The molecule has 128 valence electrons. The van der Waals surface area contributed by atoms with Crippen molar-refractivity contribution in [2.24, 2.45) is 5.92 Å². The molecule has 1 atom stereocenters. The molecule has 1 aromatic carbocycles. The number of likely N-dealkylation sites (tertiary alicyclic amines) is 1. The molecule has 1 aliphatic rings. The first-order valence-corrected chi connectivity index (χ1v) is 8.44. The smallest absolute Gasteiger partial charge is 0.261 e. The second-order valence-electron chi connectivity index (χ2n) is 7.85. The van der Waals surface area contributed by atoms with Crippen molar-refractivity contribution in [3.63, 3.8) is 0 Å². The van der Waals surface area contributed by atoms with Gasteiger partial charge in [0.2, 0.25) is 5.91 Å². The number of benzene rings is 1. The van der Waals surface area contributed by atoms with Crippen LogP contribution in [0.15, 0.2) is 23.3 Å². The van der Waals surface area contributed by atoms with Gasteiger partial charge in [-0.25, -0.2) is 4.98 Å². The van der Waals surface area contributed by atoms with Crippen LogP contribution in [0, 0.1) is 19.8 Å². The lowest BCUT2D eigenvalue weighted by Crippen LogP contribution is -2.42. The van der Waals surface area contributed by atoms with Crippen LogP contribution in [-0.2, 0) is 11.3 Å². The van der Waals surface area contributed by atoms with E-state index in [9.17, 15) is 9.59 Å². The first-order valence-electron chi connectivity index (χ1n) is 8.44. The summed E-state index contributed by atoms with van der Waals surface area (Å²) in [5.41, 5.74) is 2.76. The maximum Gasteiger partial charge on any atom is 0.261 e. The van der Waals surface area contributed by atoms with Gasteiger partial charge in [-0.05, 0) is 51.8 Å². The van der Waals surface area contributed by atoms with E-state index in [0.717, 1.165) is 16.6 Å². The highest BCUT2D eigenvalue weighted by atomic mass is 16.2. The van der Waals surface area contributed by atoms with E-state index in [1.165, 1.54) is 0 Å². The monoisotopic (exact) mass is 327 g/mol. The number of amides is 1. The molecule has 5 heteroatoms. The van der Waals surface area contributed by atoms with Crippen molar-refractivity contribution in [2.75, 3.05) is 6.54 Å². The first kappa shape index (κ1) is 16.7. The highest BCUT2D eigenvalue weighted by Crippen LogP contribution is 2.26. The lowest BCUT2D eigenvalue weighted by molar-refractivity contribution is -0.131. The van der Waals surface area contributed by atoms with Crippen molar-refractivity contribution >= 4 is 16.8 Å². The summed E-state index contributed by atoms with van der Waals surface area (Å²) < 4.78 is 1.65. The molecular weight excluding hydrogens is 302 g/mol. The Hall–Kier alpha value is -2.17. The van der Waals surface area contributed by atoms with Gasteiger partial charge in [-0.15, -0.1) is 0 Å². The molecule has 5 nitrogen and oxygen atoms in total. The number of aryl methyl sites for hydroxylation is 2. The average Bonchev–Trinajstić information content (AvgIpc) is 2.87. The molecule has 2 aromatic rings. The van der Waals surface area contributed by atoms with E-state index in [1.54, 1.807) is 10.9 Å². The summed E-state index contributed by atoms with van der Waals surface area (Å²) >= 11 is 0. The van der Waals surface area contributed by atoms with Gasteiger partial charge in [0.15, 0.2) is 0 Å². The molecule has 1 amide bonds. The maximum atomic E-state index is 12.8. The topological polar surface area (TPSA) is 55.2 Å². The van der Waals surface area contributed by atoms with Crippen LogP contribution in [0.4, 0.5) is 0 Å². The van der Waals surface area contributed by atoms with Crippen LogP contribution in [-0.4, -0.2) is 32.4 Å². The number of rotatable bonds is 2. The highest BCUT2D eigenvalue weighted by molar-refractivity contribution is 5.81. The standard InChI is InChI=1S/C19H25N3O2/c1-12-6-7-15-17(13(12)2)20-11-21(18(15)24)9-14-8-16(23)22(10-14)19(3,4)5/h6-7,11,14H,8-10H2,1-5H3/t14-/m1/s1. The zero-order valence-corrected chi connectivity index (χ0v) is 15.1. The van der Waals surface area contributed by atoms with Gasteiger partial charge in [0.1, 0.15) is 0 Å². The predicted octanol–water partition coefficient (Wildman–Crippen LogP) is 2.66. The minimum Gasteiger partial charge on any atom is -0.337 e. The Morgan fingerprint density at radius 3 is 2.54 bits per heavy atom. The van der Waals surface area contributed by atoms with E-state index in [1.807, 2.05) is 51.7 Å². The minimum atomic E-state index is -0.174. The molecule has 0 saturated carbocycles. The molecular formula is C19H25N3O2. The SMILES string of the molecule is Cc1ccc2c(=O)n(C[C@H]3CC(=O)N(C(C)(C)C)C3)cnc2c1C. The normalized spacial score (nSPS) is 18.6. The average molecular weight is 327 g/mol. The second kappa shape index (κ2) is 5.72. The molecule has 0 N–H and O–H groups in total. The van der Waals surface area contributed by atoms with Gasteiger partial charge >= 0.3 is 0 Å². The predicted molar refractivity (Wildman–Crippen MR) is 95.1 cm³/mol. The van der Waals surface area contributed by atoms with Gasteiger partial charge in [0.25, 0.3) is 5.56 Å². The van der Waals surface area contributed by atoms with Crippen molar-refractivity contribution in [3.05, 3.63) is 39.9 Å². The van der Waals surface area contributed by atoms with Crippen molar-refractivity contribution in [3.8, 4) is 0 Å². The summed E-state index contributed by atoms with van der Waals surface area (Å²) in [4.78, 5) is 31.4. The van der Waals surface area contributed by atoms with E-state index in [4.69, 9.17) is 0 Å². The van der Waals surface area contributed by atoms with Crippen molar-refractivity contribution in [1.29, 1.82) is 0 Å². The molecule has 2 heterocycles. The van der Waals surface area contributed by atoms with Crippen LogP contribution < -0.4 is 5.56 Å². The minimum absolute atomic E-state index is 0.0234. The van der Waals surface area contributed by atoms with Crippen LogP contribution in [0.2, 0.25) is 0 Å². The molecule has 0 spiro atoms. The van der Waals surface area contributed by atoms with Gasteiger partial charge in [0, 0.05) is 31.0 Å². The van der Waals surface area contributed by atoms with Crippen LogP contribution in [0.25, 0.3) is 10.9 Å². The number of carbonyl (C=O) groups is 1. The van der Waals surface area contributed by atoms with Gasteiger partial charge in [0.05, 0.1) is 17.2 Å². The third kappa shape index (κ3) is 2.83. The number of nitrogens with zero attached hydrogens (tertiary/aromatic N) is 3. The summed E-state index contributed by atoms with van der Waals surface area (Å²) in [7, 11) is 0. The number of fused-ring (bicyclic) bond motifs is 1. The number of aromatic nitrogens is 2. The zero-order chi connectivity index (χ0) is 17.6. The molecule has 1 aromatic heterocycles. The Morgan fingerprint density at radius 2 is 1.92 bits per heavy atom. The van der Waals surface area contributed by atoms with Crippen molar-refractivity contribution < 1.29 is 4.79 Å². The Morgan fingerprint density at radius 1 is 1.21 bits per heavy atom. The third-order valence-corrected chi connectivity index (χ3v) is 4.99. The molecule has 1 saturated heterocycles. The summed E-state index contributed by atoms with van der Waals surface area (Å²) in [5, 5.41) is 0.651. The quantitative estimate of drug-likeness (QED) is 0.852. The Kier molecular flexibility index (Phi) is 3.98. The third-order valence-electron chi connectivity index (χ3n) is 4.99. The lowest BCUT2D eigenvalue weighted by Gasteiger charge is -2.32. The van der Waals surface area contributed by atoms with Gasteiger partial charge in [-0.2, -0.15) is 0 Å². The van der Waals surface area contributed by atoms with Crippen molar-refractivity contribution in [1.82, 2.24) is 14.5 Å². The lowest BCUT2D eigenvalue weighted by atomic mass is 10.1. The highest BCUT2D eigenvalue weighted by Gasteiger charge is 2.36.